The van der Waals surface area contributed by atoms with E-state index in [9.17, 15) is 22.8 Å². The molecular weight excluding hydrogens is 515 g/mol. The van der Waals surface area contributed by atoms with Crippen LogP contribution in [-0.4, -0.2) is 69.7 Å². The second-order valence-corrected chi connectivity index (χ2v) is 9.17. The Labute approximate surface area is 223 Å². The smallest absolute Gasteiger partial charge is 0.453 e. The summed E-state index contributed by atoms with van der Waals surface area (Å²) >= 11 is 0. The molecule has 208 valence electrons. The molecule has 2 amide bonds. The Balaban J connectivity index is 1.52. The van der Waals surface area contributed by atoms with Gasteiger partial charge in [-0.25, -0.2) is 0 Å². The van der Waals surface area contributed by atoms with Crippen molar-refractivity contribution in [3.63, 3.8) is 0 Å². The fourth-order valence-corrected chi connectivity index (χ4v) is 4.69. The summed E-state index contributed by atoms with van der Waals surface area (Å²) in [6.07, 6.45) is -3.77. The Hall–Kier alpha value is -4.00. The number of carbonyl (C=O) groups is 2. The number of nitrogens with one attached hydrogen (secondary N) is 2. The standard InChI is InChI=1S/C26H30F3N7O3/c1-3-23(37)31-15-24(38)35-12-11-21(20(16-35)17-7-5-4-6-8-17)30-14-18-13-19(9-10-22(18)39-2)36-25(26(27,28)29)32-33-34-36/h4-10,13,20-21,30H,3,11-12,14-16H2,1-2H3,(H,31,37)/t20-,21-/m0/s1. The number of methoxy groups -OCH3 is 1. The molecule has 1 aliphatic heterocycles. The summed E-state index contributed by atoms with van der Waals surface area (Å²) in [6.45, 7) is 2.94. The minimum atomic E-state index is -4.71. The fraction of sp³-hybridized carbons (Fsp3) is 0.423. The Morgan fingerprint density at radius 2 is 1.92 bits per heavy atom. The first-order valence-electron chi connectivity index (χ1n) is 12.6. The molecule has 1 saturated heterocycles. The predicted octanol–water partition coefficient (Wildman–Crippen LogP) is 2.69. The normalized spacial score (nSPS) is 17.6. The molecule has 0 aliphatic carbocycles. The van der Waals surface area contributed by atoms with Crippen LogP contribution in [0.4, 0.5) is 13.2 Å². The minimum Gasteiger partial charge on any atom is -0.496 e. The second kappa shape index (κ2) is 12.2. The van der Waals surface area contributed by atoms with Gasteiger partial charge in [0.2, 0.25) is 11.8 Å². The molecule has 2 atom stereocenters. The van der Waals surface area contributed by atoms with E-state index in [1.54, 1.807) is 24.0 Å². The Kier molecular flexibility index (Phi) is 8.79. The van der Waals surface area contributed by atoms with Crippen LogP contribution >= 0.6 is 0 Å². The Bertz CT molecular complexity index is 1280. The lowest BCUT2D eigenvalue weighted by molar-refractivity contribution is -0.146. The van der Waals surface area contributed by atoms with Crippen LogP contribution in [0, 0.1) is 0 Å². The number of amides is 2. The largest absolute Gasteiger partial charge is 0.496 e. The van der Waals surface area contributed by atoms with Crippen LogP contribution in [0.1, 0.15) is 42.6 Å². The lowest BCUT2D eigenvalue weighted by Gasteiger charge is -2.39. The lowest BCUT2D eigenvalue weighted by atomic mass is 9.85. The predicted molar refractivity (Wildman–Crippen MR) is 135 cm³/mol. The molecule has 2 N–H and O–H groups in total. The summed E-state index contributed by atoms with van der Waals surface area (Å²) in [7, 11) is 1.49. The van der Waals surface area contributed by atoms with Gasteiger partial charge in [0.25, 0.3) is 5.82 Å². The number of hydrogen-bond donors (Lipinski definition) is 2. The molecule has 1 fully saturated rings. The highest BCUT2D eigenvalue weighted by Gasteiger charge is 2.38. The van der Waals surface area contributed by atoms with Gasteiger partial charge in [-0.15, -0.1) is 5.10 Å². The van der Waals surface area contributed by atoms with Crippen LogP contribution in [0.15, 0.2) is 48.5 Å². The third-order valence-electron chi connectivity index (χ3n) is 6.74. The Morgan fingerprint density at radius 1 is 1.15 bits per heavy atom. The van der Waals surface area contributed by atoms with Crippen molar-refractivity contribution in [2.75, 3.05) is 26.7 Å². The number of alkyl halides is 3. The van der Waals surface area contributed by atoms with E-state index in [0.717, 1.165) is 5.56 Å². The molecule has 13 heteroatoms. The maximum atomic E-state index is 13.4. The van der Waals surface area contributed by atoms with Crippen molar-refractivity contribution in [2.24, 2.45) is 0 Å². The van der Waals surface area contributed by atoms with Gasteiger partial charge in [-0.2, -0.15) is 17.9 Å². The van der Waals surface area contributed by atoms with Gasteiger partial charge in [-0.1, -0.05) is 37.3 Å². The number of tetrazole rings is 1. The van der Waals surface area contributed by atoms with Gasteiger partial charge < -0.3 is 20.3 Å². The topological polar surface area (TPSA) is 114 Å². The first-order chi connectivity index (χ1) is 18.7. The number of hydrogen-bond acceptors (Lipinski definition) is 7. The zero-order valence-electron chi connectivity index (χ0n) is 21.6. The highest BCUT2D eigenvalue weighted by atomic mass is 19.4. The molecular formula is C26H30F3N7O3. The van der Waals surface area contributed by atoms with Crippen molar-refractivity contribution in [1.82, 2.24) is 35.7 Å². The quantitative estimate of drug-likeness (QED) is 0.425. The van der Waals surface area contributed by atoms with Crippen molar-refractivity contribution in [1.29, 1.82) is 0 Å². The highest BCUT2D eigenvalue weighted by Crippen LogP contribution is 2.31. The number of halogens is 3. The number of likely N-dealkylation sites (tertiary alicyclic amines) is 1. The van der Waals surface area contributed by atoms with E-state index in [-0.39, 0.29) is 36.0 Å². The molecule has 0 spiro atoms. The van der Waals surface area contributed by atoms with Crippen LogP contribution in [0.25, 0.3) is 5.69 Å². The van der Waals surface area contributed by atoms with E-state index in [1.165, 1.54) is 13.2 Å². The van der Waals surface area contributed by atoms with Crippen molar-refractivity contribution >= 4 is 11.8 Å². The van der Waals surface area contributed by atoms with Gasteiger partial charge in [0.05, 0.1) is 19.3 Å². The van der Waals surface area contributed by atoms with Gasteiger partial charge in [0.15, 0.2) is 0 Å². The van der Waals surface area contributed by atoms with E-state index in [4.69, 9.17) is 4.74 Å². The third-order valence-corrected chi connectivity index (χ3v) is 6.74. The van der Waals surface area contributed by atoms with Crippen LogP contribution in [-0.2, 0) is 22.3 Å². The van der Waals surface area contributed by atoms with E-state index < -0.39 is 12.0 Å². The number of carbonyl (C=O) groups excluding carboxylic acids is 2. The number of rotatable bonds is 9. The Morgan fingerprint density at radius 3 is 2.62 bits per heavy atom. The van der Waals surface area contributed by atoms with E-state index >= 15 is 0 Å². The maximum absolute atomic E-state index is 13.4. The van der Waals surface area contributed by atoms with E-state index in [2.05, 4.69) is 26.2 Å². The zero-order valence-corrected chi connectivity index (χ0v) is 21.6. The number of nitrogens with zero attached hydrogens (tertiary/aromatic N) is 5. The molecule has 0 radical (unpaired) electrons. The van der Waals surface area contributed by atoms with Gasteiger partial charge >= 0.3 is 6.18 Å². The van der Waals surface area contributed by atoms with E-state index in [1.807, 2.05) is 30.3 Å². The molecule has 1 aromatic heterocycles. The molecule has 0 saturated carbocycles. The molecule has 1 aliphatic rings. The molecule has 0 unspecified atom stereocenters. The summed E-state index contributed by atoms with van der Waals surface area (Å²) in [5.74, 6) is -1.09. The summed E-state index contributed by atoms with van der Waals surface area (Å²) in [5.41, 5.74) is 1.83. The highest BCUT2D eigenvalue weighted by molar-refractivity contribution is 5.84. The monoisotopic (exact) mass is 545 g/mol. The number of ether oxygens (including phenoxy) is 1. The van der Waals surface area contributed by atoms with Crippen molar-refractivity contribution in [2.45, 2.75) is 44.4 Å². The van der Waals surface area contributed by atoms with Gasteiger partial charge in [0, 0.05) is 43.6 Å². The van der Waals surface area contributed by atoms with Gasteiger partial charge in [0.1, 0.15) is 5.75 Å². The molecule has 39 heavy (non-hydrogen) atoms. The average Bonchev–Trinajstić information content (AvgIpc) is 3.46. The first kappa shape index (κ1) is 28.0. The third kappa shape index (κ3) is 6.72. The van der Waals surface area contributed by atoms with E-state index in [0.29, 0.717) is 48.5 Å². The number of piperidine rings is 1. The maximum Gasteiger partial charge on any atom is 0.453 e. The number of aromatic nitrogens is 4. The summed E-state index contributed by atoms with van der Waals surface area (Å²) in [4.78, 5) is 26.1. The van der Waals surface area contributed by atoms with Crippen molar-refractivity contribution < 1.29 is 27.5 Å². The van der Waals surface area contributed by atoms with Gasteiger partial charge in [-0.3, -0.25) is 9.59 Å². The van der Waals surface area contributed by atoms with Crippen LogP contribution in [0.2, 0.25) is 0 Å². The SMILES string of the molecule is CCC(=O)NCC(=O)N1CC[C@H](NCc2cc(-n3nnnc3C(F)(F)F)ccc2OC)[C@H](c2ccccc2)C1. The molecule has 3 aromatic rings. The lowest BCUT2D eigenvalue weighted by Crippen LogP contribution is -2.51. The fourth-order valence-electron chi connectivity index (χ4n) is 4.69. The minimum absolute atomic E-state index is 0.0335. The summed E-state index contributed by atoms with van der Waals surface area (Å²) < 4.78 is 46.2. The van der Waals surface area contributed by atoms with Crippen LogP contribution in [0.3, 0.4) is 0 Å². The van der Waals surface area contributed by atoms with Crippen molar-refractivity contribution in [3.8, 4) is 11.4 Å². The number of benzene rings is 2. The summed E-state index contributed by atoms with van der Waals surface area (Å²) in [6, 6.07) is 14.4. The average molecular weight is 546 g/mol. The molecule has 2 aromatic carbocycles. The van der Waals surface area contributed by atoms with Crippen LogP contribution < -0.4 is 15.4 Å². The van der Waals surface area contributed by atoms with Crippen molar-refractivity contribution in [3.05, 3.63) is 65.5 Å². The second-order valence-electron chi connectivity index (χ2n) is 9.17. The first-order valence-corrected chi connectivity index (χ1v) is 12.6. The molecule has 0 bridgehead atoms. The molecule has 2 heterocycles. The zero-order chi connectivity index (χ0) is 28.0. The molecule has 10 nitrogen and oxygen atoms in total. The van der Waals surface area contributed by atoms with Gasteiger partial charge in [-0.05, 0) is 40.6 Å². The summed E-state index contributed by atoms with van der Waals surface area (Å²) in [5, 5.41) is 16.0. The van der Waals surface area contributed by atoms with Crippen LogP contribution in [0.5, 0.6) is 5.75 Å². The molecule has 4 rings (SSSR count).